The van der Waals surface area contributed by atoms with Gasteiger partial charge in [-0.1, -0.05) is 0 Å². The Labute approximate surface area is 117 Å². The molecule has 0 fully saturated rings. The molecule has 1 aromatic heterocycles. The second kappa shape index (κ2) is 5.11. The normalized spacial score (nSPS) is 11.3. The van der Waals surface area contributed by atoms with Crippen molar-refractivity contribution in [2.24, 2.45) is 5.14 Å². The molecule has 0 unspecified atom stereocenters. The number of sulfonamides is 1. The van der Waals surface area contributed by atoms with E-state index in [-0.39, 0.29) is 15.3 Å². The molecule has 0 aliphatic rings. The van der Waals surface area contributed by atoms with E-state index >= 15 is 0 Å². The molecule has 4 N–H and O–H groups in total. The molecule has 2 rings (SSSR count). The molecule has 0 bridgehead atoms. The molecule has 0 saturated carbocycles. The van der Waals surface area contributed by atoms with Crippen LogP contribution in [0.3, 0.4) is 0 Å². The van der Waals surface area contributed by atoms with Crippen molar-refractivity contribution in [1.82, 2.24) is 10.2 Å². The number of amides is 1. The van der Waals surface area contributed by atoms with Gasteiger partial charge in [0.2, 0.25) is 10.0 Å². The number of benzene rings is 1. The summed E-state index contributed by atoms with van der Waals surface area (Å²) in [5.41, 5.74) is 0.727. The number of hydrogen-bond acceptors (Lipinski definition) is 4. The molecule has 0 radical (unpaired) electrons. The van der Waals surface area contributed by atoms with Crippen LogP contribution in [0.1, 0.15) is 10.5 Å². The molecule has 100 valence electrons. The van der Waals surface area contributed by atoms with Crippen LogP contribution in [0.4, 0.5) is 5.69 Å². The van der Waals surface area contributed by atoms with Gasteiger partial charge < -0.3 is 5.32 Å². The van der Waals surface area contributed by atoms with Crippen LogP contribution in [0, 0.1) is 0 Å². The number of rotatable bonds is 3. The second-order valence-corrected chi connectivity index (χ2v) is 6.00. The van der Waals surface area contributed by atoms with E-state index in [1.165, 1.54) is 30.5 Å². The van der Waals surface area contributed by atoms with Crippen LogP contribution in [0.25, 0.3) is 0 Å². The van der Waals surface area contributed by atoms with Crippen LogP contribution in [-0.4, -0.2) is 24.5 Å². The fourth-order valence-corrected chi connectivity index (χ4v) is 3.03. The number of nitrogens with zero attached hydrogens (tertiary/aromatic N) is 1. The zero-order chi connectivity index (χ0) is 14.0. The van der Waals surface area contributed by atoms with Gasteiger partial charge >= 0.3 is 0 Å². The molecule has 2 aromatic rings. The van der Waals surface area contributed by atoms with Crippen molar-refractivity contribution in [3.05, 3.63) is 40.6 Å². The van der Waals surface area contributed by atoms with Gasteiger partial charge in [0.25, 0.3) is 5.91 Å². The number of nitrogens with two attached hydrogens (primary N) is 1. The molecule has 19 heavy (non-hydrogen) atoms. The minimum atomic E-state index is -3.80. The predicted octanol–water partition coefficient (Wildman–Crippen LogP) is 1.07. The highest BCUT2D eigenvalue weighted by Crippen LogP contribution is 2.24. The molecular formula is C10H9BrN4O3S. The molecule has 0 spiro atoms. The minimum absolute atomic E-state index is 0.0490. The van der Waals surface area contributed by atoms with Crippen molar-refractivity contribution in [3.8, 4) is 0 Å². The lowest BCUT2D eigenvalue weighted by Crippen LogP contribution is -2.14. The number of nitrogens with one attached hydrogen (secondary N) is 2. The first-order valence-electron chi connectivity index (χ1n) is 5.01. The fourth-order valence-electron chi connectivity index (χ4n) is 1.39. The number of H-pyrrole nitrogens is 1. The summed E-state index contributed by atoms with van der Waals surface area (Å²) in [4.78, 5) is 11.7. The Morgan fingerprint density at radius 2 is 2.11 bits per heavy atom. The number of carbonyl (C=O) groups excluding carboxylic acids is 1. The van der Waals surface area contributed by atoms with Gasteiger partial charge in [0.05, 0.1) is 4.90 Å². The van der Waals surface area contributed by atoms with Gasteiger partial charge in [0.15, 0.2) is 0 Å². The number of primary sulfonamides is 1. The van der Waals surface area contributed by atoms with E-state index in [0.29, 0.717) is 11.4 Å². The molecule has 0 aliphatic heterocycles. The SMILES string of the molecule is NS(=O)(=O)c1ccc(NC(=O)c2ccn[nH]2)cc1Br. The summed E-state index contributed by atoms with van der Waals surface area (Å²) in [5.74, 6) is -0.382. The molecule has 1 aromatic carbocycles. The number of carbonyl (C=O) groups is 1. The highest BCUT2D eigenvalue weighted by Gasteiger charge is 2.14. The van der Waals surface area contributed by atoms with Gasteiger partial charge in [-0.25, -0.2) is 13.6 Å². The van der Waals surface area contributed by atoms with Crippen LogP contribution in [-0.2, 0) is 10.0 Å². The smallest absolute Gasteiger partial charge is 0.273 e. The van der Waals surface area contributed by atoms with E-state index in [9.17, 15) is 13.2 Å². The third-order valence-corrected chi connectivity index (χ3v) is 4.13. The average Bonchev–Trinajstić information content (AvgIpc) is 2.80. The van der Waals surface area contributed by atoms with Gasteiger partial charge in [-0.05, 0) is 40.2 Å². The van der Waals surface area contributed by atoms with Crippen LogP contribution in [0.2, 0.25) is 0 Å². The maximum absolute atomic E-state index is 11.7. The lowest BCUT2D eigenvalue weighted by Gasteiger charge is -2.06. The zero-order valence-electron chi connectivity index (χ0n) is 9.42. The molecule has 1 heterocycles. The summed E-state index contributed by atoms with van der Waals surface area (Å²) in [5, 5.41) is 13.8. The lowest BCUT2D eigenvalue weighted by atomic mass is 10.3. The molecule has 0 saturated heterocycles. The number of aromatic nitrogens is 2. The van der Waals surface area contributed by atoms with E-state index in [1.54, 1.807) is 0 Å². The number of aromatic amines is 1. The first-order chi connectivity index (χ1) is 8.88. The van der Waals surface area contributed by atoms with Crippen LogP contribution in [0.15, 0.2) is 39.8 Å². The van der Waals surface area contributed by atoms with Crippen LogP contribution < -0.4 is 10.5 Å². The van der Waals surface area contributed by atoms with Gasteiger partial charge in [-0.3, -0.25) is 9.89 Å². The molecule has 9 heteroatoms. The van der Waals surface area contributed by atoms with Crippen molar-refractivity contribution in [2.45, 2.75) is 4.90 Å². The Morgan fingerprint density at radius 3 is 2.63 bits per heavy atom. The number of hydrogen-bond donors (Lipinski definition) is 3. The lowest BCUT2D eigenvalue weighted by molar-refractivity contribution is 0.102. The van der Waals surface area contributed by atoms with E-state index in [0.717, 1.165) is 0 Å². The largest absolute Gasteiger partial charge is 0.321 e. The highest BCUT2D eigenvalue weighted by atomic mass is 79.9. The molecule has 1 amide bonds. The van der Waals surface area contributed by atoms with Crippen molar-refractivity contribution in [2.75, 3.05) is 5.32 Å². The van der Waals surface area contributed by atoms with E-state index in [1.807, 2.05) is 0 Å². The van der Waals surface area contributed by atoms with Crippen LogP contribution in [0.5, 0.6) is 0 Å². The standard InChI is InChI=1S/C10H9BrN4O3S/c11-7-5-6(1-2-9(7)19(12,17)18)14-10(16)8-3-4-13-15-8/h1-5H,(H,13,15)(H,14,16)(H2,12,17,18). The number of halogens is 1. The van der Waals surface area contributed by atoms with Gasteiger partial charge in [0, 0.05) is 16.4 Å². The van der Waals surface area contributed by atoms with Gasteiger partial charge in [0.1, 0.15) is 5.69 Å². The Balaban J connectivity index is 2.24. The molecule has 7 nitrogen and oxygen atoms in total. The molecular weight excluding hydrogens is 336 g/mol. The zero-order valence-corrected chi connectivity index (χ0v) is 11.8. The Morgan fingerprint density at radius 1 is 1.37 bits per heavy atom. The predicted molar refractivity (Wildman–Crippen MR) is 72.1 cm³/mol. The van der Waals surface area contributed by atoms with Crippen LogP contribution >= 0.6 is 15.9 Å². The summed E-state index contributed by atoms with van der Waals surface area (Å²) >= 11 is 3.09. The first-order valence-corrected chi connectivity index (χ1v) is 7.35. The van der Waals surface area contributed by atoms with Gasteiger partial charge in [-0.15, -0.1) is 0 Å². The monoisotopic (exact) mass is 344 g/mol. The van der Waals surface area contributed by atoms with E-state index in [2.05, 4.69) is 31.4 Å². The quantitative estimate of drug-likeness (QED) is 0.771. The molecule has 0 atom stereocenters. The Bertz CT molecular complexity index is 712. The summed E-state index contributed by atoms with van der Waals surface area (Å²) < 4.78 is 22.7. The average molecular weight is 345 g/mol. The Hall–Kier alpha value is -1.71. The first kappa shape index (κ1) is 13.7. The van der Waals surface area contributed by atoms with Gasteiger partial charge in [-0.2, -0.15) is 5.10 Å². The Kier molecular flexibility index (Phi) is 3.69. The summed E-state index contributed by atoms with van der Waals surface area (Å²) in [6.45, 7) is 0. The van der Waals surface area contributed by atoms with E-state index in [4.69, 9.17) is 5.14 Å². The summed E-state index contributed by atoms with van der Waals surface area (Å²) in [6, 6.07) is 5.72. The topological polar surface area (TPSA) is 118 Å². The fraction of sp³-hybridized carbons (Fsp3) is 0. The maximum Gasteiger partial charge on any atom is 0.273 e. The van der Waals surface area contributed by atoms with Crippen molar-refractivity contribution < 1.29 is 13.2 Å². The summed E-state index contributed by atoms with van der Waals surface area (Å²) in [7, 11) is -3.80. The van der Waals surface area contributed by atoms with Crippen molar-refractivity contribution >= 4 is 37.5 Å². The maximum atomic E-state index is 11.7. The number of anilines is 1. The summed E-state index contributed by atoms with van der Waals surface area (Å²) in [6.07, 6.45) is 1.45. The highest BCUT2D eigenvalue weighted by molar-refractivity contribution is 9.10. The second-order valence-electron chi connectivity index (χ2n) is 3.61. The third kappa shape index (κ3) is 3.19. The molecule has 0 aliphatic carbocycles. The third-order valence-electron chi connectivity index (χ3n) is 2.24. The van der Waals surface area contributed by atoms with Crippen molar-refractivity contribution in [1.29, 1.82) is 0 Å². The van der Waals surface area contributed by atoms with Crippen molar-refractivity contribution in [3.63, 3.8) is 0 Å². The van der Waals surface area contributed by atoms with E-state index < -0.39 is 10.0 Å². The minimum Gasteiger partial charge on any atom is -0.321 e.